The Kier molecular flexibility index (Phi) is 5.01. The summed E-state index contributed by atoms with van der Waals surface area (Å²) in [6, 6.07) is 4.67. The van der Waals surface area contributed by atoms with Gasteiger partial charge in [0.05, 0.1) is 11.0 Å². The summed E-state index contributed by atoms with van der Waals surface area (Å²) in [5, 5.41) is 11.2. The van der Waals surface area contributed by atoms with Crippen molar-refractivity contribution in [2.24, 2.45) is 0 Å². The number of halogens is 1. The third-order valence-corrected chi connectivity index (χ3v) is 5.46. The van der Waals surface area contributed by atoms with Crippen LogP contribution >= 0.6 is 0 Å². The van der Waals surface area contributed by atoms with Crippen LogP contribution in [0.1, 0.15) is 19.3 Å². The maximum absolute atomic E-state index is 13.3. The Morgan fingerprint density at radius 3 is 2.62 bits per heavy atom. The molecular formula is C17H25FN4O2. The number of anilines is 1. The number of benzene rings is 1. The average molecular weight is 336 g/mol. The number of nitro groups is 1. The molecule has 0 spiro atoms. The van der Waals surface area contributed by atoms with Gasteiger partial charge in [-0.15, -0.1) is 0 Å². The van der Waals surface area contributed by atoms with Crippen LogP contribution in [0.2, 0.25) is 0 Å². The number of piperidine rings is 1. The minimum atomic E-state index is -0.571. The van der Waals surface area contributed by atoms with Crippen molar-refractivity contribution in [3.63, 3.8) is 0 Å². The number of hydrogen-bond donors (Lipinski definition) is 0. The van der Waals surface area contributed by atoms with Gasteiger partial charge in [0.1, 0.15) is 11.5 Å². The van der Waals surface area contributed by atoms with E-state index in [1.807, 2.05) is 11.9 Å². The van der Waals surface area contributed by atoms with Gasteiger partial charge in [-0.05, 0) is 51.5 Å². The molecule has 0 saturated carbocycles. The second-order valence-electron chi connectivity index (χ2n) is 6.97. The van der Waals surface area contributed by atoms with Crippen LogP contribution in [0.15, 0.2) is 18.2 Å². The lowest BCUT2D eigenvalue weighted by atomic mass is 10.0. The lowest BCUT2D eigenvalue weighted by Gasteiger charge is -2.35. The van der Waals surface area contributed by atoms with Crippen LogP contribution in [-0.2, 0) is 0 Å². The number of hydrogen-bond acceptors (Lipinski definition) is 5. The van der Waals surface area contributed by atoms with Crippen molar-refractivity contribution in [1.29, 1.82) is 0 Å². The summed E-state index contributed by atoms with van der Waals surface area (Å²) in [5.74, 6) is -0.571. The van der Waals surface area contributed by atoms with Crippen LogP contribution in [0.4, 0.5) is 15.8 Å². The molecule has 2 saturated heterocycles. The van der Waals surface area contributed by atoms with Gasteiger partial charge in [0.25, 0.3) is 5.69 Å². The van der Waals surface area contributed by atoms with E-state index in [4.69, 9.17) is 0 Å². The standard InChI is InChI=1S/C17H25FN4O2/c1-19-8-5-14(6-9-19)21-10-7-15(12-21)20(2)16-4-3-13(18)11-17(16)22(23)24/h3-4,11,14-15H,5-10,12H2,1-2H3/t15-/m1/s1. The molecule has 2 aliphatic rings. The van der Waals surface area contributed by atoms with E-state index < -0.39 is 10.7 Å². The van der Waals surface area contributed by atoms with Crippen LogP contribution in [0, 0.1) is 15.9 Å². The molecule has 2 aliphatic heterocycles. The van der Waals surface area contributed by atoms with Gasteiger partial charge in [-0.2, -0.15) is 0 Å². The summed E-state index contributed by atoms with van der Waals surface area (Å²) in [6.07, 6.45) is 3.35. The van der Waals surface area contributed by atoms with Gasteiger partial charge in [0, 0.05) is 32.2 Å². The molecule has 0 N–H and O–H groups in total. The van der Waals surface area contributed by atoms with Crippen molar-refractivity contribution in [3.8, 4) is 0 Å². The quantitative estimate of drug-likeness (QED) is 0.624. The summed E-state index contributed by atoms with van der Waals surface area (Å²) in [7, 11) is 4.04. The van der Waals surface area contributed by atoms with Crippen LogP contribution in [0.5, 0.6) is 0 Å². The number of likely N-dealkylation sites (N-methyl/N-ethyl adjacent to an activating group) is 1. The molecule has 132 valence electrons. The number of nitro benzene ring substituents is 1. The molecule has 0 amide bonds. The van der Waals surface area contributed by atoms with Crippen molar-refractivity contribution in [1.82, 2.24) is 9.80 Å². The highest BCUT2D eigenvalue weighted by Crippen LogP contribution is 2.32. The smallest absolute Gasteiger partial charge is 0.295 e. The first-order valence-electron chi connectivity index (χ1n) is 8.55. The highest BCUT2D eigenvalue weighted by molar-refractivity contribution is 5.63. The van der Waals surface area contributed by atoms with E-state index >= 15 is 0 Å². The third-order valence-electron chi connectivity index (χ3n) is 5.46. The van der Waals surface area contributed by atoms with Gasteiger partial charge in [-0.3, -0.25) is 15.0 Å². The van der Waals surface area contributed by atoms with Crippen LogP contribution < -0.4 is 4.90 Å². The summed E-state index contributed by atoms with van der Waals surface area (Å²) in [5.41, 5.74) is 0.340. The fourth-order valence-corrected chi connectivity index (χ4v) is 3.91. The largest absolute Gasteiger partial charge is 0.365 e. The van der Waals surface area contributed by atoms with E-state index in [1.54, 1.807) is 0 Å². The second-order valence-corrected chi connectivity index (χ2v) is 6.97. The molecular weight excluding hydrogens is 311 g/mol. The molecule has 2 fully saturated rings. The first kappa shape index (κ1) is 17.1. The number of nitrogens with zero attached hydrogens (tertiary/aromatic N) is 4. The molecule has 0 aliphatic carbocycles. The molecule has 0 aromatic heterocycles. The van der Waals surface area contributed by atoms with Gasteiger partial charge in [-0.1, -0.05) is 0 Å². The van der Waals surface area contributed by atoms with Gasteiger partial charge in [0.2, 0.25) is 0 Å². The van der Waals surface area contributed by atoms with Crippen molar-refractivity contribution in [3.05, 3.63) is 34.1 Å². The molecule has 7 heteroatoms. The van der Waals surface area contributed by atoms with Crippen molar-refractivity contribution < 1.29 is 9.31 Å². The van der Waals surface area contributed by atoms with E-state index in [1.165, 1.54) is 25.0 Å². The Balaban J connectivity index is 1.68. The van der Waals surface area contributed by atoms with Crippen LogP contribution in [-0.4, -0.2) is 67.1 Å². The van der Waals surface area contributed by atoms with Crippen molar-refractivity contribution >= 4 is 11.4 Å². The van der Waals surface area contributed by atoms with Gasteiger partial charge < -0.3 is 9.80 Å². The first-order valence-corrected chi connectivity index (χ1v) is 8.55. The molecule has 2 heterocycles. The molecule has 3 rings (SSSR count). The highest BCUT2D eigenvalue weighted by atomic mass is 19.1. The summed E-state index contributed by atoms with van der Waals surface area (Å²) >= 11 is 0. The predicted octanol–water partition coefficient (Wildman–Crippen LogP) is 2.34. The van der Waals surface area contributed by atoms with Crippen molar-refractivity contribution in [2.45, 2.75) is 31.3 Å². The summed E-state index contributed by atoms with van der Waals surface area (Å²) in [6.45, 7) is 4.20. The zero-order valence-electron chi connectivity index (χ0n) is 14.3. The molecule has 0 unspecified atom stereocenters. The van der Waals surface area contributed by atoms with E-state index in [-0.39, 0.29) is 11.7 Å². The molecule has 1 atom stereocenters. The lowest BCUT2D eigenvalue weighted by molar-refractivity contribution is -0.384. The zero-order valence-corrected chi connectivity index (χ0v) is 14.3. The van der Waals surface area contributed by atoms with E-state index in [0.717, 1.165) is 38.7 Å². The zero-order chi connectivity index (χ0) is 17.3. The average Bonchev–Trinajstić information content (AvgIpc) is 3.04. The lowest BCUT2D eigenvalue weighted by Crippen LogP contribution is -2.44. The van der Waals surface area contributed by atoms with Crippen LogP contribution in [0.3, 0.4) is 0 Å². The Bertz CT molecular complexity index is 604. The normalized spacial score (nSPS) is 23.5. The molecule has 0 bridgehead atoms. The van der Waals surface area contributed by atoms with E-state index in [0.29, 0.717) is 11.7 Å². The number of likely N-dealkylation sites (tertiary alicyclic amines) is 2. The highest BCUT2D eigenvalue weighted by Gasteiger charge is 2.33. The van der Waals surface area contributed by atoms with Gasteiger partial charge >= 0.3 is 0 Å². The topological polar surface area (TPSA) is 52.9 Å². The Hall–Kier alpha value is -1.73. The summed E-state index contributed by atoms with van der Waals surface area (Å²) < 4.78 is 13.3. The predicted molar refractivity (Wildman–Crippen MR) is 92.0 cm³/mol. The maximum atomic E-state index is 13.3. The molecule has 1 aromatic carbocycles. The fourth-order valence-electron chi connectivity index (χ4n) is 3.91. The second kappa shape index (κ2) is 7.03. The minimum absolute atomic E-state index is 0.157. The summed E-state index contributed by atoms with van der Waals surface area (Å²) in [4.78, 5) is 17.6. The first-order chi connectivity index (χ1) is 11.5. The fraction of sp³-hybridized carbons (Fsp3) is 0.647. The number of rotatable bonds is 4. The maximum Gasteiger partial charge on any atom is 0.295 e. The van der Waals surface area contributed by atoms with Gasteiger partial charge in [0.15, 0.2) is 0 Å². The van der Waals surface area contributed by atoms with Crippen molar-refractivity contribution in [2.75, 3.05) is 45.2 Å². The Labute approximate surface area is 142 Å². The minimum Gasteiger partial charge on any atom is -0.365 e. The monoisotopic (exact) mass is 336 g/mol. The van der Waals surface area contributed by atoms with E-state index in [9.17, 15) is 14.5 Å². The Morgan fingerprint density at radius 1 is 1.25 bits per heavy atom. The van der Waals surface area contributed by atoms with Crippen LogP contribution in [0.25, 0.3) is 0 Å². The van der Waals surface area contributed by atoms with E-state index in [2.05, 4.69) is 16.8 Å². The molecule has 6 nitrogen and oxygen atoms in total. The SMILES string of the molecule is CN1CCC(N2CC[C@@H](N(C)c3ccc(F)cc3[N+](=O)[O-])C2)CC1. The molecule has 0 radical (unpaired) electrons. The van der Waals surface area contributed by atoms with Gasteiger partial charge in [-0.25, -0.2) is 4.39 Å². The molecule has 24 heavy (non-hydrogen) atoms. The molecule has 1 aromatic rings. The third kappa shape index (κ3) is 3.52. The Morgan fingerprint density at radius 2 is 1.96 bits per heavy atom.